The molecule has 0 aromatic heterocycles. The zero-order chi connectivity index (χ0) is 5.91. The summed E-state index contributed by atoms with van der Waals surface area (Å²) < 4.78 is 4.72. The summed E-state index contributed by atoms with van der Waals surface area (Å²) in [5.41, 5.74) is -0.597. The van der Waals surface area contributed by atoms with Crippen molar-refractivity contribution in [3.05, 3.63) is 0 Å². The first-order valence-electron chi connectivity index (χ1n) is 2.14. The van der Waals surface area contributed by atoms with Crippen LogP contribution in [0.5, 0.6) is 0 Å². The average Bonchev–Trinajstić information content (AvgIpc) is 1.68. The molecule has 0 spiro atoms. The van der Waals surface area contributed by atoms with Gasteiger partial charge in [0.15, 0.2) is 6.29 Å². The van der Waals surface area contributed by atoms with Crippen molar-refractivity contribution in [3.8, 4) is 0 Å². The van der Waals surface area contributed by atoms with Crippen molar-refractivity contribution < 1.29 is 35.4 Å². The van der Waals surface area contributed by atoms with Crippen molar-refractivity contribution in [2.45, 2.75) is 19.4 Å². The zero-order valence-corrected chi connectivity index (χ0v) is 8.99. The van der Waals surface area contributed by atoms with Gasteiger partial charge >= 0.3 is 0 Å². The largest absolute Gasteiger partial charge is 0.371 e. The minimum atomic E-state index is -0.597. The number of hydrogen-bond donors (Lipinski definition) is 0. The van der Waals surface area contributed by atoms with E-state index in [9.17, 15) is 4.79 Å². The van der Waals surface area contributed by atoms with Gasteiger partial charge in [-0.1, -0.05) is 0 Å². The molecule has 2 nitrogen and oxygen atoms in total. The number of carbonyl (C=O) groups is 1. The predicted molar refractivity (Wildman–Crippen MR) is 27.2 cm³/mol. The minimum Gasteiger partial charge on any atom is -0.371 e. The molecule has 0 saturated heterocycles. The maximum absolute atomic E-state index is 9.93. The number of carbonyl (C=O) groups excluding carboxylic acids is 1. The normalized spacial score (nSPS) is 9.88. The Labute approximate surface area is 68.4 Å². The summed E-state index contributed by atoms with van der Waals surface area (Å²) in [4.78, 5) is 9.93. The topological polar surface area (TPSA) is 26.3 Å². The van der Waals surface area contributed by atoms with Crippen molar-refractivity contribution in [1.82, 2.24) is 0 Å². The van der Waals surface area contributed by atoms with Gasteiger partial charge in [-0.15, -0.1) is 0 Å². The standard InChI is InChI=1S/C5H10O2.Hf/c1-5(2,4-6)7-3;/h4H,1-3H3;. The molecule has 0 atom stereocenters. The van der Waals surface area contributed by atoms with Crippen LogP contribution in [0.2, 0.25) is 0 Å². The third-order valence-corrected chi connectivity index (χ3v) is 0.810. The Morgan fingerprint density at radius 3 is 1.88 bits per heavy atom. The van der Waals surface area contributed by atoms with Crippen molar-refractivity contribution in [1.29, 1.82) is 0 Å². The fourth-order valence-electron chi connectivity index (χ4n) is 0.0481. The van der Waals surface area contributed by atoms with E-state index in [0.29, 0.717) is 0 Å². The molecule has 0 aliphatic heterocycles. The summed E-state index contributed by atoms with van der Waals surface area (Å²) in [6, 6.07) is 0. The van der Waals surface area contributed by atoms with E-state index in [-0.39, 0.29) is 25.8 Å². The molecule has 0 aromatic rings. The van der Waals surface area contributed by atoms with Crippen LogP contribution in [0.3, 0.4) is 0 Å². The number of methoxy groups -OCH3 is 1. The summed E-state index contributed by atoms with van der Waals surface area (Å²) >= 11 is 0. The zero-order valence-electron chi connectivity index (χ0n) is 5.39. The van der Waals surface area contributed by atoms with Crippen LogP contribution in [-0.2, 0) is 35.4 Å². The van der Waals surface area contributed by atoms with E-state index in [2.05, 4.69) is 0 Å². The van der Waals surface area contributed by atoms with Crippen molar-refractivity contribution in [3.63, 3.8) is 0 Å². The summed E-state index contributed by atoms with van der Waals surface area (Å²) in [5.74, 6) is 0. The third kappa shape index (κ3) is 4.65. The second kappa shape index (κ2) is 4.39. The molecule has 0 saturated carbocycles. The first kappa shape index (κ1) is 11.3. The molecule has 0 radical (unpaired) electrons. The number of hydrogen-bond acceptors (Lipinski definition) is 2. The van der Waals surface area contributed by atoms with Crippen LogP contribution in [0.25, 0.3) is 0 Å². The van der Waals surface area contributed by atoms with Crippen LogP contribution in [0.1, 0.15) is 13.8 Å². The smallest absolute Gasteiger partial charge is 0.151 e. The monoisotopic (exact) mass is 282 g/mol. The summed E-state index contributed by atoms with van der Waals surface area (Å²) in [6.45, 7) is 3.42. The van der Waals surface area contributed by atoms with E-state index < -0.39 is 5.60 Å². The SMILES string of the molecule is COC(C)(C)C=O.[Hf]. The van der Waals surface area contributed by atoms with Gasteiger partial charge in [-0.05, 0) is 13.8 Å². The second-order valence-electron chi connectivity index (χ2n) is 1.93. The summed E-state index contributed by atoms with van der Waals surface area (Å²) in [5, 5.41) is 0. The predicted octanol–water partition coefficient (Wildman–Crippen LogP) is 0.608. The van der Waals surface area contributed by atoms with Gasteiger partial charge in [-0.25, -0.2) is 0 Å². The maximum atomic E-state index is 9.93. The first-order chi connectivity index (χ1) is 3.12. The van der Waals surface area contributed by atoms with E-state index in [1.807, 2.05) is 0 Å². The van der Waals surface area contributed by atoms with Crippen LogP contribution >= 0.6 is 0 Å². The van der Waals surface area contributed by atoms with Gasteiger partial charge in [-0.3, -0.25) is 0 Å². The molecule has 0 bridgehead atoms. The molecule has 0 unspecified atom stereocenters. The molecule has 0 heterocycles. The number of aldehydes is 1. The number of ether oxygens (including phenoxy) is 1. The summed E-state index contributed by atoms with van der Waals surface area (Å²) in [6.07, 6.45) is 0.771. The Morgan fingerprint density at radius 2 is 1.88 bits per heavy atom. The fourth-order valence-corrected chi connectivity index (χ4v) is 0.0481. The molecule has 3 heteroatoms. The van der Waals surface area contributed by atoms with Gasteiger partial charge in [0.05, 0.1) is 0 Å². The molecule has 0 fully saturated rings. The van der Waals surface area contributed by atoms with Gasteiger partial charge in [0.2, 0.25) is 0 Å². The fraction of sp³-hybridized carbons (Fsp3) is 0.800. The Bertz CT molecular complexity index is 70.8. The van der Waals surface area contributed by atoms with Gasteiger partial charge in [0.1, 0.15) is 5.60 Å². The van der Waals surface area contributed by atoms with E-state index in [1.54, 1.807) is 13.8 Å². The molecule has 0 aliphatic rings. The molecular weight excluding hydrogens is 271 g/mol. The molecule has 0 aromatic carbocycles. The quantitative estimate of drug-likeness (QED) is 0.547. The van der Waals surface area contributed by atoms with Gasteiger partial charge < -0.3 is 9.53 Å². The van der Waals surface area contributed by atoms with Crippen molar-refractivity contribution in [2.75, 3.05) is 7.11 Å². The Kier molecular flexibility index (Phi) is 6.20. The minimum absolute atomic E-state index is 0. The van der Waals surface area contributed by atoms with Gasteiger partial charge in [0.25, 0.3) is 0 Å². The summed E-state index contributed by atoms with van der Waals surface area (Å²) in [7, 11) is 1.51. The van der Waals surface area contributed by atoms with Crippen molar-refractivity contribution >= 4 is 6.29 Å². The van der Waals surface area contributed by atoms with Crippen LogP contribution < -0.4 is 0 Å². The Balaban J connectivity index is 0. The molecular formula is C5H10HfO2. The van der Waals surface area contributed by atoms with Crippen LogP contribution in [0.4, 0.5) is 0 Å². The number of rotatable bonds is 2. The average molecular weight is 281 g/mol. The molecule has 0 aliphatic carbocycles. The Hall–Kier alpha value is 0.500. The van der Waals surface area contributed by atoms with Crippen LogP contribution in [0.15, 0.2) is 0 Å². The Morgan fingerprint density at radius 1 is 1.50 bits per heavy atom. The maximum Gasteiger partial charge on any atom is 0.151 e. The molecule has 0 amide bonds. The van der Waals surface area contributed by atoms with Crippen LogP contribution in [0, 0.1) is 0 Å². The molecule has 46 valence electrons. The second-order valence-corrected chi connectivity index (χ2v) is 1.93. The molecule has 8 heavy (non-hydrogen) atoms. The van der Waals surface area contributed by atoms with Crippen molar-refractivity contribution in [2.24, 2.45) is 0 Å². The van der Waals surface area contributed by atoms with Crippen LogP contribution in [-0.4, -0.2) is 19.0 Å². The van der Waals surface area contributed by atoms with E-state index >= 15 is 0 Å². The van der Waals surface area contributed by atoms with E-state index in [0.717, 1.165) is 6.29 Å². The van der Waals surface area contributed by atoms with Gasteiger partial charge in [0, 0.05) is 33.0 Å². The first-order valence-corrected chi connectivity index (χ1v) is 2.14. The third-order valence-electron chi connectivity index (χ3n) is 0.810. The van der Waals surface area contributed by atoms with E-state index in [1.165, 1.54) is 7.11 Å². The van der Waals surface area contributed by atoms with Gasteiger partial charge in [-0.2, -0.15) is 0 Å². The molecule has 0 N–H and O–H groups in total. The van der Waals surface area contributed by atoms with E-state index in [4.69, 9.17) is 4.74 Å². The molecule has 0 rings (SSSR count).